The summed E-state index contributed by atoms with van der Waals surface area (Å²) in [5.41, 5.74) is 0.466. The van der Waals surface area contributed by atoms with Gasteiger partial charge in [0, 0.05) is 5.39 Å². The van der Waals surface area contributed by atoms with E-state index in [1.54, 1.807) is 20.1 Å². The molecule has 0 radical (unpaired) electrons. The molecule has 0 unspecified atom stereocenters. The molecular weight excluding hydrogens is 216 g/mol. The van der Waals surface area contributed by atoms with E-state index in [0.717, 1.165) is 10.8 Å². The van der Waals surface area contributed by atoms with Gasteiger partial charge in [-0.25, -0.2) is 4.79 Å². The van der Waals surface area contributed by atoms with Crippen molar-refractivity contribution < 1.29 is 14.3 Å². The fourth-order valence-electron chi connectivity index (χ4n) is 1.83. The Kier molecular flexibility index (Phi) is 3.28. The molecule has 0 atom stereocenters. The Morgan fingerprint density at radius 1 is 1.18 bits per heavy atom. The van der Waals surface area contributed by atoms with Gasteiger partial charge in [0.1, 0.15) is 11.3 Å². The van der Waals surface area contributed by atoms with Gasteiger partial charge in [0.15, 0.2) is 0 Å². The molecule has 0 saturated heterocycles. The molecule has 3 heteroatoms. The van der Waals surface area contributed by atoms with Gasteiger partial charge < -0.3 is 9.47 Å². The van der Waals surface area contributed by atoms with Crippen LogP contribution in [0, 0.1) is 0 Å². The predicted octanol–water partition coefficient (Wildman–Crippen LogP) is 3.03. The second-order valence-corrected chi connectivity index (χ2v) is 3.59. The summed E-state index contributed by atoms with van der Waals surface area (Å²) in [5, 5.41) is 1.96. The summed E-state index contributed by atoms with van der Waals surface area (Å²) >= 11 is 0. The van der Waals surface area contributed by atoms with E-state index in [0.29, 0.717) is 17.9 Å². The minimum Gasteiger partial charge on any atom is -0.495 e. The molecule has 0 N–H and O–H groups in total. The first kappa shape index (κ1) is 11.5. The second kappa shape index (κ2) is 4.87. The molecule has 0 aliphatic rings. The van der Waals surface area contributed by atoms with Gasteiger partial charge in [0.05, 0.1) is 13.7 Å². The standard InChI is InChI=1S/C14H14O3/c1-3-17-14(15)12-9-8-10-6-4-5-7-11(10)13(12)16-2/h4-9H,3H2,1-2H3. The fourth-order valence-corrected chi connectivity index (χ4v) is 1.83. The lowest BCUT2D eigenvalue weighted by Gasteiger charge is -2.10. The highest BCUT2D eigenvalue weighted by Crippen LogP contribution is 2.29. The number of esters is 1. The molecule has 0 fully saturated rings. The normalized spacial score (nSPS) is 10.2. The lowest BCUT2D eigenvalue weighted by atomic mass is 10.1. The molecule has 2 aromatic rings. The lowest BCUT2D eigenvalue weighted by molar-refractivity contribution is 0.0523. The summed E-state index contributed by atoms with van der Waals surface area (Å²) in [4.78, 5) is 11.8. The van der Waals surface area contributed by atoms with E-state index in [-0.39, 0.29) is 5.97 Å². The highest BCUT2D eigenvalue weighted by atomic mass is 16.5. The molecule has 0 aliphatic heterocycles. The maximum Gasteiger partial charge on any atom is 0.341 e. The first-order valence-corrected chi connectivity index (χ1v) is 5.50. The third kappa shape index (κ3) is 2.09. The Bertz CT molecular complexity index is 546. The van der Waals surface area contributed by atoms with Gasteiger partial charge in [0.25, 0.3) is 0 Å². The Morgan fingerprint density at radius 2 is 1.94 bits per heavy atom. The molecule has 0 saturated carbocycles. The second-order valence-electron chi connectivity index (χ2n) is 3.59. The Morgan fingerprint density at radius 3 is 2.65 bits per heavy atom. The molecule has 0 bridgehead atoms. The molecule has 88 valence electrons. The van der Waals surface area contributed by atoms with Crippen molar-refractivity contribution in [3.63, 3.8) is 0 Å². The minimum absolute atomic E-state index is 0.352. The molecule has 17 heavy (non-hydrogen) atoms. The summed E-state index contributed by atoms with van der Waals surface area (Å²) in [7, 11) is 1.56. The minimum atomic E-state index is -0.352. The average molecular weight is 230 g/mol. The number of carbonyl (C=O) groups excluding carboxylic acids is 1. The van der Waals surface area contributed by atoms with Crippen LogP contribution in [-0.4, -0.2) is 19.7 Å². The van der Waals surface area contributed by atoms with E-state index < -0.39 is 0 Å². The molecular formula is C14H14O3. The zero-order valence-corrected chi connectivity index (χ0v) is 9.90. The van der Waals surface area contributed by atoms with Crippen LogP contribution in [-0.2, 0) is 4.74 Å². The summed E-state index contributed by atoms with van der Waals surface area (Å²) in [6, 6.07) is 11.4. The SMILES string of the molecule is CCOC(=O)c1ccc2ccccc2c1OC. The van der Waals surface area contributed by atoms with Gasteiger partial charge in [-0.2, -0.15) is 0 Å². The van der Waals surface area contributed by atoms with E-state index in [1.807, 2.05) is 30.3 Å². The third-order valence-electron chi connectivity index (χ3n) is 2.58. The lowest BCUT2D eigenvalue weighted by Crippen LogP contribution is -2.06. The maximum absolute atomic E-state index is 11.8. The predicted molar refractivity (Wildman–Crippen MR) is 66.5 cm³/mol. The fraction of sp³-hybridized carbons (Fsp3) is 0.214. The number of rotatable bonds is 3. The van der Waals surface area contributed by atoms with Crippen molar-refractivity contribution in [1.29, 1.82) is 0 Å². The zero-order valence-electron chi connectivity index (χ0n) is 9.90. The number of carbonyl (C=O) groups is 1. The summed E-state index contributed by atoms with van der Waals surface area (Å²) < 4.78 is 10.3. The van der Waals surface area contributed by atoms with Crippen LogP contribution in [0.25, 0.3) is 10.8 Å². The Balaban J connectivity index is 2.60. The van der Waals surface area contributed by atoms with E-state index >= 15 is 0 Å². The third-order valence-corrected chi connectivity index (χ3v) is 2.58. The van der Waals surface area contributed by atoms with Crippen molar-refractivity contribution >= 4 is 16.7 Å². The van der Waals surface area contributed by atoms with Crippen LogP contribution >= 0.6 is 0 Å². The average Bonchev–Trinajstić information content (AvgIpc) is 2.37. The summed E-state index contributed by atoms with van der Waals surface area (Å²) in [6.07, 6.45) is 0. The monoisotopic (exact) mass is 230 g/mol. The number of benzene rings is 2. The van der Waals surface area contributed by atoms with Crippen LogP contribution in [0.2, 0.25) is 0 Å². The zero-order chi connectivity index (χ0) is 12.3. The van der Waals surface area contributed by atoms with Crippen LogP contribution in [0.4, 0.5) is 0 Å². The molecule has 0 spiro atoms. The van der Waals surface area contributed by atoms with E-state index in [1.165, 1.54) is 0 Å². The van der Waals surface area contributed by atoms with Crippen LogP contribution in [0.15, 0.2) is 36.4 Å². The highest BCUT2D eigenvalue weighted by molar-refractivity contribution is 6.01. The maximum atomic E-state index is 11.8. The first-order valence-electron chi connectivity index (χ1n) is 5.50. The van der Waals surface area contributed by atoms with Gasteiger partial charge in [0.2, 0.25) is 0 Å². The molecule has 3 nitrogen and oxygen atoms in total. The van der Waals surface area contributed by atoms with Crippen molar-refractivity contribution in [3.05, 3.63) is 42.0 Å². The molecule has 0 heterocycles. The number of hydrogen-bond acceptors (Lipinski definition) is 3. The van der Waals surface area contributed by atoms with Gasteiger partial charge in [-0.05, 0) is 18.4 Å². The molecule has 2 aromatic carbocycles. The van der Waals surface area contributed by atoms with Crippen molar-refractivity contribution in [2.24, 2.45) is 0 Å². The number of ether oxygens (including phenoxy) is 2. The van der Waals surface area contributed by atoms with Crippen molar-refractivity contribution in [3.8, 4) is 5.75 Å². The van der Waals surface area contributed by atoms with Gasteiger partial charge in [-0.15, -0.1) is 0 Å². The Hall–Kier alpha value is -2.03. The number of fused-ring (bicyclic) bond motifs is 1. The van der Waals surface area contributed by atoms with E-state index in [2.05, 4.69) is 0 Å². The van der Waals surface area contributed by atoms with Crippen LogP contribution in [0.1, 0.15) is 17.3 Å². The van der Waals surface area contributed by atoms with Crippen molar-refractivity contribution in [1.82, 2.24) is 0 Å². The number of hydrogen-bond donors (Lipinski definition) is 0. The molecule has 0 aromatic heterocycles. The van der Waals surface area contributed by atoms with E-state index in [4.69, 9.17) is 9.47 Å². The van der Waals surface area contributed by atoms with Gasteiger partial charge in [-0.3, -0.25) is 0 Å². The van der Waals surface area contributed by atoms with Crippen molar-refractivity contribution in [2.45, 2.75) is 6.92 Å². The smallest absolute Gasteiger partial charge is 0.341 e. The van der Waals surface area contributed by atoms with Gasteiger partial charge >= 0.3 is 5.97 Å². The topological polar surface area (TPSA) is 35.5 Å². The van der Waals surface area contributed by atoms with Crippen LogP contribution < -0.4 is 4.74 Å². The van der Waals surface area contributed by atoms with Crippen molar-refractivity contribution in [2.75, 3.05) is 13.7 Å². The Labute approximate surface area is 100.0 Å². The van der Waals surface area contributed by atoms with Gasteiger partial charge in [-0.1, -0.05) is 30.3 Å². The molecule has 0 aliphatic carbocycles. The van der Waals surface area contributed by atoms with Crippen LogP contribution in [0.3, 0.4) is 0 Å². The summed E-state index contributed by atoms with van der Waals surface area (Å²) in [5.74, 6) is 0.219. The largest absolute Gasteiger partial charge is 0.495 e. The van der Waals surface area contributed by atoms with E-state index in [9.17, 15) is 4.79 Å². The quantitative estimate of drug-likeness (QED) is 0.760. The van der Waals surface area contributed by atoms with Crippen LogP contribution in [0.5, 0.6) is 5.75 Å². The first-order chi connectivity index (χ1) is 8.27. The molecule has 0 amide bonds. The highest BCUT2D eigenvalue weighted by Gasteiger charge is 2.15. The number of methoxy groups -OCH3 is 1. The summed E-state index contributed by atoms with van der Waals surface area (Å²) in [6.45, 7) is 2.14. The molecule has 2 rings (SSSR count).